The third-order valence-electron chi connectivity index (χ3n) is 5.74. The van der Waals surface area contributed by atoms with Crippen LogP contribution in [0.4, 0.5) is 16.2 Å². The Morgan fingerprint density at radius 2 is 2.06 bits per heavy atom. The molecule has 1 aliphatic rings. The van der Waals surface area contributed by atoms with Gasteiger partial charge in [-0.3, -0.25) is 4.79 Å². The summed E-state index contributed by atoms with van der Waals surface area (Å²) in [5, 5.41) is 19.0. The van der Waals surface area contributed by atoms with Crippen molar-refractivity contribution in [2.75, 3.05) is 44.4 Å². The summed E-state index contributed by atoms with van der Waals surface area (Å²) in [6.45, 7) is 8.27. The van der Waals surface area contributed by atoms with Crippen molar-refractivity contribution in [3.05, 3.63) is 35.2 Å². The first kappa shape index (κ1) is 24.5. The van der Waals surface area contributed by atoms with Gasteiger partial charge in [0.25, 0.3) is 5.91 Å². The Kier molecular flexibility index (Phi) is 7.60. The minimum absolute atomic E-state index is 0.0529. The molecule has 1 aliphatic heterocycles. The molecule has 0 spiro atoms. The highest BCUT2D eigenvalue weighted by Crippen LogP contribution is 2.30. The van der Waals surface area contributed by atoms with Crippen LogP contribution in [0, 0.1) is 19.8 Å². The van der Waals surface area contributed by atoms with Gasteiger partial charge in [0.15, 0.2) is 5.76 Å². The van der Waals surface area contributed by atoms with Gasteiger partial charge in [0.1, 0.15) is 23.2 Å². The number of likely N-dealkylation sites (N-methyl/N-ethyl adjacent to an activating group) is 1. The molecular weight excluding hydrogens is 426 g/mol. The normalized spacial score (nSPS) is 19.4. The maximum Gasteiger partial charge on any atom is 0.323 e. The predicted octanol–water partition coefficient (Wildman–Crippen LogP) is 2.72. The van der Waals surface area contributed by atoms with Gasteiger partial charge in [0, 0.05) is 24.7 Å². The summed E-state index contributed by atoms with van der Waals surface area (Å²) in [7, 11) is 3.94. The van der Waals surface area contributed by atoms with E-state index in [0.717, 1.165) is 0 Å². The fraction of sp³-hybridized carbons (Fsp3) is 0.522. The maximum atomic E-state index is 13.4. The van der Waals surface area contributed by atoms with Gasteiger partial charge in [-0.05, 0) is 53.1 Å². The number of anilines is 2. The Morgan fingerprint density at radius 1 is 1.33 bits per heavy atom. The van der Waals surface area contributed by atoms with Gasteiger partial charge in [0.2, 0.25) is 0 Å². The maximum absolute atomic E-state index is 13.4. The van der Waals surface area contributed by atoms with Crippen LogP contribution in [0.25, 0.3) is 0 Å². The van der Waals surface area contributed by atoms with E-state index in [9.17, 15) is 14.7 Å². The third-order valence-corrected chi connectivity index (χ3v) is 5.74. The molecule has 10 heteroatoms. The number of aliphatic hydroxyl groups excluding tert-OH is 1. The zero-order valence-corrected chi connectivity index (χ0v) is 20.0. The van der Waals surface area contributed by atoms with Crippen molar-refractivity contribution in [2.24, 2.45) is 5.92 Å². The van der Waals surface area contributed by atoms with E-state index in [1.54, 1.807) is 36.9 Å². The summed E-state index contributed by atoms with van der Waals surface area (Å²) >= 11 is 0. The molecule has 0 saturated carbocycles. The molecule has 0 bridgehead atoms. The first-order chi connectivity index (χ1) is 15.6. The average Bonchev–Trinajstić information content (AvgIpc) is 3.07. The number of fused-ring (bicyclic) bond motifs is 1. The minimum atomic E-state index is -0.483. The van der Waals surface area contributed by atoms with Crippen LogP contribution in [0.15, 0.2) is 22.7 Å². The summed E-state index contributed by atoms with van der Waals surface area (Å²) in [6, 6.07) is 4.15. The van der Waals surface area contributed by atoms with Crippen molar-refractivity contribution in [1.82, 2.24) is 15.0 Å². The van der Waals surface area contributed by atoms with Gasteiger partial charge >= 0.3 is 6.03 Å². The van der Waals surface area contributed by atoms with Gasteiger partial charge in [-0.25, -0.2) is 4.79 Å². The predicted molar refractivity (Wildman–Crippen MR) is 125 cm³/mol. The molecule has 33 heavy (non-hydrogen) atoms. The summed E-state index contributed by atoms with van der Waals surface area (Å²) in [4.78, 5) is 29.7. The van der Waals surface area contributed by atoms with E-state index in [2.05, 4.69) is 15.8 Å². The van der Waals surface area contributed by atoms with E-state index >= 15 is 0 Å². The minimum Gasteiger partial charge on any atom is -0.488 e. The number of rotatable bonds is 6. The molecule has 3 N–H and O–H groups in total. The lowest BCUT2D eigenvalue weighted by atomic mass is 9.99. The Morgan fingerprint density at radius 3 is 2.67 bits per heavy atom. The number of amides is 3. The lowest BCUT2D eigenvalue weighted by molar-refractivity contribution is 0.0363. The standard InChI is InChI=1S/C23H33N5O5/c1-13-10-28(14(2)12-29)22(30)18-9-17(7-8-19(18)32-20(13)11-27(5)6)24-23(31)25-21-15(3)26-33-16(21)4/h7-9,13-14,20,29H,10-12H2,1-6H3,(H2,24,25,31)/t13-,14-,20+/m0/s1. The first-order valence-corrected chi connectivity index (χ1v) is 11.0. The second-order valence-electron chi connectivity index (χ2n) is 8.87. The van der Waals surface area contributed by atoms with Crippen LogP contribution in [0.3, 0.4) is 0 Å². The van der Waals surface area contributed by atoms with Crippen LogP contribution in [-0.2, 0) is 0 Å². The van der Waals surface area contributed by atoms with Crippen LogP contribution in [0.5, 0.6) is 5.75 Å². The number of ether oxygens (including phenoxy) is 1. The number of urea groups is 1. The van der Waals surface area contributed by atoms with E-state index in [-0.39, 0.29) is 30.6 Å². The second-order valence-corrected chi connectivity index (χ2v) is 8.87. The quantitative estimate of drug-likeness (QED) is 0.607. The van der Waals surface area contributed by atoms with Crippen molar-refractivity contribution in [1.29, 1.82) is 0 Å². The summed E-state index contributed by atoms with van der Waals surface area (Å²) in [5.41, 5.74) is 1.84. The molecule has 1 aromatic heterocycles. The van der Waals surface area contributed by atoms with Gasteiger partial charge in [-0.2, -0.15) is 0 Å². The van der Waals surface area contributed by atoms with E-state index in [4.69, 9.17) is 9.26 Å². The molecule has 10 nitrogen and oxygen atoms in total. The highest BCUT2D eigenvalue weighted by Gasteiger charge is 2.33. The van der Waals surface area contributed by atoms with Crippen molar-refractivity contribution >= 4 is 23.3 Å². The van der Waals surface area contributed by atoms with Gasteiger partial charge in [0.05, 0.1) is 18.2 Å². The number of aromatic nitrogens is 1. The molecule has 0 fully saturated rings. The molecule has 2 aromatic rings. The van der Waals surface area contributed by atoms with Crippen LogP contribution < -0.4 is 15.4 Å². The van der Waals surface area contributed by atoms with Crippen LogP contribution in [0.2, 0.25) is 0 Å². The fourth-order valence-corrected chi connectivity index (χ4v) is 3.82. The van der Waals surface area contributed by atoms with Gasteiger partial charge < -0.3 is 34.8 Å². The largest absolute Gasteiger partial charge is 0.488 e. The number of nitrogens with one attached hydrogen (secondary N) is 2. The average molecular weight is 460 g/mol. The smallest absolute Gasteiger partial charge is 0.323 e. The van der Waals surface area contributed by atoms with Crippen molar-refractivity contribution in [2.45, 2.75) is 39.8 Å². The number of carbonyl (C=O) groups excluding carboxylic acids is 2. The SMILES string of the molecule is Cc1noc(C)c1NC(=O)Nc1ccc2c(c1)C(=O)N([C@@H](C)CO)C[C@H](C)[C@@H](CN(C)C)O2. The number of carbonyl (C=O) groups is 2. The number of benzene rings is 1. The van der Waals surface area contributed by atoms with Crippen LogP contribution in [-0.4, -0.2) is 77.9 Å². The lowest BCUT2D eigenvalue weighted by Crippen LogP contribution is -2.49. The monoisotopic (exact) mass is 459 g/mol. The molecule has 2 heterocycles. The molecule has 0 saturated heterocycles. The number of hydrogen-bond acceptors (Lipinski definition) is 7. The molecule has 0 radical (unpaired) electrons. The summed E-state index contributed by atoms with van der Waals surface area (Å²) < 4.78 is 11.3. The number of aryl methyl sites for hydroxylation is 2. The number of nitrogens with zero attached hydrogens (tertiary/aromatic N) is 3. The molecule has 0 aliphatic carbocycles. The zero-order valence-electron chi connectivity index (χ0n) is 20.0. The van der Waals surface area contributed by atoms with E-state index < -0.39 is 6.03 Å². The molecule has 3 rings (SSSR count). The molecule has 0 unspecified atom stereocenters. The Labute approximate surface area is 193 Å². The van der Waals surface area contributed by atoms with Gasteiger partial charge in [-0.1, -0.05) is 12.1 Å². The number of aliphatic hydroxyl groups is 1. The topological polar surface area (TPSA) is 120 Å². The molecule has 3 amide bonds. The molecular formula is C23H33N5O5. The van der Waals surface area contributed by atoms with Crippen molar-refractivity contribution in [3.8, 4) is 5.75 Å². The highest BCUT2D eigenvalue weighted by molar-refractivity contribution is 6.03. The molecule has 3 atom stereocenters. The fourth-order valence-electron chi connectivity index (χ4n) is 3.82. The number of hydrogen-bond donors (Lipinski definition) is 3. The lowest BCUT2D eigenvalue weighted by Gasteiger charge is -2.37. The molecule has 180 valence electrons. The summed E-state index contributed by atoms with van der Waals surface area (Å²) in [5.74, 6) is 0.748. The van der Waals surface area contributed by atoms with E-state index in [0.29, 0.717) is 47.2 Å². The van der Waals surface area contributed by atoms with E-state index in [1.165, 1.54) is 0 Å². The van der Waals surface area contributed by atoms with Crippen molar-refractivity contribution < 1.29 is 24.0 Å². The van der Waals surface area contributed by atoms with Crippen LogP contribution in [0.1, 0.15) is 35.7 Å². The first-order valence-electron chi connectivity index (χ1n) is 11.0. The van der Waals surface area contributed by atoms with Crippen molar-refractivity contribution in [3.63, 3.8) is 0 Å². The third kappa shape index (κ3) is 5.63. The Bertz CT molecular complexity index is 986. The molecule has 1 aromatic carbocycles. The Balaban J connectivity index is 1.90. The van der Waals surface area contributed by atoms with Gasteiger partial charge in [-0.15, -0.1) is 0 Å². The van der Waals surface area contributed by atoms with E-state index in [1.807, 2.05) is 32.8 Å². The Hall–Kier alpha value is -3.11. The highest BCUT2D eigenvalue weighted by atomic mass is 16.5. The second kappa shape index (κ2) is 10.2. The summed E-state index contributed by atoms with van der Waals surface area (Å²) in [6.07, 6.45) is -0.151. The van der Waals surface area contributed by atoms with Crippen LogP contribution >= 0.6 is 0 Å². The zero-order chi connectivity index (χ0) is 24.3.